The smallest absolute Gasteiger partial charge is 0.310 e. The first-order chi connectivity index (χ1) is 8.95. The first-order valence-electron chi connectivity index (χ1n) is 6.13. The number of hydrogen-bond donors (Lipinski definition) is 2. The molecule has 3 N–H and O–H groups in total. The van der Waals surface area contributed by atoms with Crippen LogP contribution in [0.1, 0.15) is 24.1 Å². The van der Waals surface area contributed by atoms with Gasteiger partial charge in [-0.15, -0.1) is 12.4 Å². The highest BCUT2D eigenvalue weighted by molar-refractivity contribution is 5.85. The second-order valence-corrected chi connectivity index (χ2v) is 4.56. The Labute approximate surface area is 125 Å². The number of aryl methyl sites for hydroxylation is 1. The van der Waals surface area contributed by atoms with Gasteiger partial charge in [0, 0.05) is 6.54 Å². The Morgan fingerprint density at radius 2 is 1.85 bits per heavy atom. The van der Waals surface area contributed by atoms with Crippen molar-refractivity contribution in [1.82, 2.24) is 5.32 Å². The molecule has 1 amide bonds. The topological polar surface area (TPSA) is 81.4 Å². The molecule has 0 aliphatic heterocycles. The van der Waals surface area contributed by atoms with Crippen LogP contribution in [0.3, 0.4) is 0 Å². The lowest BCUT2D eigenvalue weighted by Crippen LogP contribution is -2.38. The molecule has 0 aliphatic carbocycles. The normalized spacial score (nSPS) is 12.8. The molecule has 6 heteroatoms. The number of rotatable bonds is 5. The molecule has 112 valence electrons. The molecule has 1 rings (SSSR count). The first kappa shape index (κ1) is 18.4. The van der Waals surface area contributed by atoms with Crippen LogP contribution in [-0.2, 0) is 14.3 Å². The van der Waals surface area contributed by atoms with Crippen LogP contribution in [0.25, 0.3) is 0 Å². The molecule has 0 saturated heterocycles. The highest BCUT2D eigenvalue weighted by Gasteiger charge is 2.18. The van der Waals surface area contributed by atoms with Crippen LogP contribution in [0.4, 0.5) is 0 Å². The van der Waals surface area contributed by atoms with Crippen molar-refractivity contribution in [1.29, 1.82) is 0 Å². The van der Waals surface area contributed by atoms with Gasteiger partial charge in [0.1, 0.15) is 6.04 Å². The van der Waals surface area contributed by atoms with E-state index in [9.17, 15) is 9.59 Å². The van der Waals surface area contributed by atoms with E-state index in [1.807, 2.05) is 31.2 Å². The molecule has 0 aliphatic rings. The number of esters is 1. The minimum Gasteiger partial charge on any atom is -0.469 e. The molecular weight excluding hydrogens is 280 g/mol. The molecule has 0 aromatic heterocycles. The number of ether oxygens (including phenoxy) is 1. The van der Waals surface area contributed by atoms with Crippen LogP contribution in [-0.4, -0.2) is 25.5 Å². The predicted molar refractivity (Wildman–Crippen MR) is 79.5 cm³/mol. The van der Waals surface area contributed by atoms with E-state index in [0.717, 1.165) is 11.1 Å². The van der Waals surface area contributed by atoms with Crippen LogP contribution in [0, 0.1) is 12.8 Å². The van der Waals surface area contributed by atoms with E-state index < -0.39 is 6.04 Å². The van der Waals surface area contributed by atoms with Gasteiger partial charge in [-0.2, -0.15) is 0 Å². The van der Waals surface area contributed by atoms with Gasteiger partial charge in [0.2, 0.25) is 5.91 Å². The molecule has 2 unspecified atom stereocenters. The van der Waals surface area contributed by atoms with Crippen molar-refractivity contribution in [3.63, 3.8) is 0 Å². The minimum absolute atomic E-state index is 0. The molecule has 2 atom stereocenters. The van der Waals surface area contributed by atoms with E-state index >= 15 is 0 Å². The van der Waals surface area contributed by atoms with Gasteiger partial charge >= 0.3 is 5.97 Å². The van der Waals surface area contributed by atoms with E-state index in [0.29, 0.717) is 0 Å². The number of methoxy groups -OCH3 is 1. The Morgan fingerprint density at radius 1 is 1.30 bits per heavy atom. The maximum Gasteiger partial charge on any atom is 0.310 e. The minimum atomic E-state index is -0.731. The molecule has 20 heavy (non-hydrogen) atoms. The SMILES string of the molecule is COC(=O)C(C)CNC(=O)C(N)c1ccc(C)cc1.Cl. The van der Waals surface area contributed by atoms with Gasteiger partial charge < -0.3 is 15.8 Å². The number of carbonyl (C=O) groups is 2. The van der Waals surface area contributed by atoms with Gasteiger partial charge in [0.05, 0.1) is 13.0 Å². The summed E-state index contributed by atoms with van der Waals surface area (Å²) in [5.74, 6) is -1.05. The lowest BCUT2D eigenvalue weighted by Gasteiger charge is -2.15. The zero-order chi connectivity index (χ0) is 14.4. The molecule has 0 bridgehead atoms. The zero-order valence-corrected chi connectivity index (χ0v) is 12.7. The highest BCUT2D eigenvalue weighted by Crippen LogP contribution is 2.11. The highest BCUT2D eigenvalue weighted by atomic mass is 35.5. The number of benzene rings is 1. The standard InChI is InChI=1S/C14H20N2O3.ClH/c1-9-4-6-11(7-5-9)12(15)13(17)16-8-10(2)14(18)19-3;/h4-7,10,12H,8,15H2,1-3H3,(H,16,17);1H. The van der Waals surface area contributed by atoms with Gasteiger partial charge in [-0.05, 0) is 12.5 Å². The summed E-state index contributed by atoms with van der Waals surface area (Å²) in [5, 5.41) is 2.65. The average molecular weight is 301 g/mol. The van der Waals surface area contributed by atoms with Gasteiger partial charge in [-0.3, -0.25) is 9.59 Å². The van der Waals surface area contributed by atoms with Crippen molar-refractivity contribution < 1.29 is 14.3 Å². The number of carbonyl (C=O) groups excluding carboxylic acids is 2. The van der Waals surface area contributed by atoms with Crippen molar-refractivity contribution >= 4 is 24.3 Å². The Hall–Kier alpha value is -1.59. The fraction of sp³-hybridized carbons (Fsp3) is 0.429. The van der Waals surface area contributed by atoms with Gasteiger partial charge in [-0.1, -0.05) is 36.8 Å². The lowest BCUT2D eigenvalue weighted by atomic mass is 10.1. The summed E-state index contributed by atoms with van der Waals surface area (Å²) in [6.07, 6.45) is 0. The monoisotopic (exact) mass is 300 g/mol. The van der Waals surface area contributed by atoms with Crippen molar-refractivity contribution in [2.75, 3.05) is 13.7 Å². The summed E-state index contributed by atoms with van der Waals surface area (Å²) in [6, 6.07) is 6.72. The third-order valence-corrected chi connectivity index (χ3v) is 2.90. The Bertz CT molecular complexity index is 448. The largest absolute Gasteiger partial charge is 0.469 e. The first-order valence-corrected chi connectivity index (χ1v) is 6.13. The van der Waals surface area contributed by atoms with E-state index in [2.05, 4.69) is 10.1 Å². The number of nitrogens with one attached hydrogen (secondary N) is 1. The van der Waals surface area contributed by atoms with E-state index in [4.69, 9.17) is 5.73 Å². The zero-order valence-electron chi connectivity index (χ0n) is 11.9. The molecule has 0 fully saturated rings. The Morgan fingerprint density at radius 3 is 2.35 bits per heavy atom. The molecule has 0 spiro atoms. The molecule has 5 nitrogen and oxygen atoms in total. The Balaban J connectivity index is 0.00000361. The van der Waals surface area contributed by atoms with Gasteiger partial charge in [-0.25, -0.2) is 0 Å². The summed E-state index contributed by atoms with van der Waals surface area (Å²) >= 11 is 0. The van der Waals surface area contributed by atoms with Crippen molar-refractivity contribution in [3.05, 3.63) is 35.4 Å². The molecule has 1 aromatic carbocycles. The number of hydrogen-bond acceptors (Lipinski definition) is 4. The van der Waals surface area contributed by atoms with Crippen LogP contribution >= 0.6 is 12.4 Å². The third kappa shape index (κ3) is 5.19. The van der Waals surface area contributed by atoms with Crippen LogP contribution in [0.2, 0.25) is 0 Å². The fourth-order valence-electron chi connectivity index (χ4n) is 1.57. The molecule has 1 aromatic rings. The van der Waals surface area contributed by atoms with Gasteiger partial charge in [0.15, 0.2) is 0 Å². The Kier molecular flexibility index (Phi) is 7.87. The van der Waals surface area contributed by atoms with Gasteiger partial charge in [0.25, 0.3) is 0 Å². The second kappa shape index (κ2) is 8.55. The number of halogens is 1. The average Bonchev–Trinajstić information content (AvgIpc) is 2.43. The predicted octanol–water partition coefficient (Wildman–Crippen LogP) is 1.34. The van der Waals surface area contributed by atoms with Crippen molar-refractivity contribution in [2.45, 2.75) is 19.9 Å². The van der Waals surface area contributed by atoms with E-state index in [1.54, 1.807) is 6.92 Å². The lowest BCUT2D eigenvalue weighted by molar-refractivity contribution is -0.144. The second-order valence-electron chi connectivity index (χ2n) is 4.56. The van der Waals surface area contributed by atoms with Crippen LogP contribution < -0.4 is 11.1 Å². The third-order valence-electron chi connectivity index (χ3n) is 2.90. The maximum atomic E-state index is 11.9. The maximum absolute atomic E-state index is 11.9. The number of nitrogens with two attached hydrogens (primary N) is 1. The van der Waals surface area contributed by atoms with E-state index in [1.165, 1.54) is 7.11 Å². The van der Waals surface area contributed by atoms with E-state index in [-0.39, 0.29) is 36.7 Å². The summed E-state index contributed by atoms with van der Waals surface area (Å²) in [7, 11) is 1.32. The fourth-order valence-corrected chi connectivity index (χ4v) is 1.57. The van der Waals surface area contributed by atoms with Crippen molar-refractivity contribution in [3.8, 4) is 0 Å². The van der Waals surface area contributed by atoms with Crippen LogP contribution in [0.5, 0.6) is 0 Å². The van der Waals surface area contributed by atoms with Crippen molar-refractivity contribution in [2.24, 2.45) is 11.7 Å². The molecule has 0 heterocycles. The summed E-state index contributed by atoms with van der Waals surface area (Å²) in [6.45, 7) is 3.86. The van der Waals surface area contributed by atoms with Crippen LogP contribution in [0.15, 0.2) is 24.3 Å². The summed E-state index contributed by atoms with van der Waals surface area (Å²) < 4.78 is 4.58. The number of amides is 1. The molecule has 0 radical (unpaired) electrons. The molecule has 0 saturated carbocycles. The summed E-state index contributed by atoms with van der Waals surface area (Å²) in [5.41, 5.74) is 7.71. The summed E-state index contributed by atoms with van der Waals surface area (Å²) in [4.78, 5) is 23.1. The molecular formula is C14H21ClN2O3. The quantitative estimate of drug-likeness (QED) is 0.804.